The predicted octanol–water partition coefficient (Wildman–Crippen LogP) is 4.13. The molecule has 2 aromatic rings. The van der Waals surface area contributed by atoms with Crippen molar-refractivity contribution in [1.82, 2.24) is 15.6 Å². The van der Waals surface area contributed by atoms with Crippen molar-refractivity contribution in [2.45, 2.75) is 51.5 Å². The molecule has 4 nitrogen and oxygen atoms in total. The molecule has 1 fully saturated rings. The molecule has 0 bridgehead atoms. The molecule has 0 unspecified atom stereocenters. The van der Waals surface area contributed by atoms with Gasteiger partial charge in [-0.05, 0) is 37.3 Å². The van der Waals surface area contributed by atoms with Gasteiger partial charge < -0.3 is 15.6 Å². The van der Waals surface area contributed by atoms with Gasteiger partial charge in [0.05, 0.1) is 0 Å². The van der Waals surface area contributed by atoms with Crippen LogP contribution in [0.25, 0.3) is 10.9 Å². The lowest BCUT2D eigenvalue weighted by Gasteiger charge is -2.24. The highest BCUT2D eigenvalue weighted by Crippen LogP contribution is 2.21. The zero-order valence-electron chi connectivity index (χ0n) is 14.7. The first kappa shape index (κ1) is 19.1. The lowest BCUT2D eigenvalue weighted by atomic mass is 9.96. The van der Waals surface area contributed by atoms with Crippen molar-refractivity contribution < 1.29 is 0 Å². The standard InChI is InChI=1S/C19H28N4.HI/c1-14-7-6-10-17-15(13-22-18(14)17)11-12-21-19(20-2)23-16-8-4-3-5-9-16;/h6-7,10,13,16,22H,3-5,8-9,11-12H2,1-2H3,(H2,20,21,23);1H. The van der Waals surface area contributed by atoms with Crippen LogP contribution in [0.2, 0.25) is 0 Å². The summed E-state index contributed by atoms with van der Waals surface area (Å²) in [5, 5.41) is 8.36. The molecule has 0 atom stereocenters. The number of aromatic nitrogens is 1. The lowest BCUT2D eigenvalue weighted by Crippen LogP contribution is -2.44. The minimum absolute atomic E-state index is 0. The largest absolute Gasteiger partial charge is 0.361 e. The molecule has 0 amide bonds. The van der Waals surface area contributed by atoms with Crippen LogP contribution in [-0.2, 0) is 6.42 Å². The first-order chi connectivity index (χ1) is 11.3. The Morgan fingerprint density at radius 2 is 2.04 bits per heavy atom. The SMILES string of the molecule is CN=C(NCCc1c[nH]c2c(C)cccc12)NC1CCCCC1.I. The van der Waals surface area contributed by atoms with Crippen molar-refractivity contribution in [3.63, 3.8) is 0 Å². The number of halogens is 1. The number of guanidine groups is 1. The van der Waals surface area contributed by atoms with Gasteiger partial charge in [0, 0.05) is 36.7 Å². The monoisotopic (exact) mass is 440 g/mol. The molecule has 0 radical (unpaired) electrons. The Balaban J connectivity index is 0.00000208. The summed E-state index contributed by atoms with van der Waals surface area (Å²) in [5.74, 6) is 0.938. The number of hydrogen-bond acceptors (Lipinski definition) is 1. The first-order valence-electron chi connectivity index (χ1n) is 8.80. The molecule has 1 heterocycles. The van der Waals surface area contributed by atoms with Crippen LogP contribution in [0.5, 0.6) is 0 Å². The third-order valence-electron chi connectivity index (χ3n) is 4.87. The van der Waals surface area contributed by atoms with Gasteiger partial charge in [0.25, 0.3) is 0 Å². The predicted molar refractivity (Wildman–Crippen MR) is 114 cm³/mol. The maximum atomic E-state index is 4.36. The van der Waals surface area contributed by atoms with Crippen LogP contribution in [-0.4, -0.2) is 30.6 Å². The number of benzene rings is 1. The average Bonchev–Trinajstić information content (AvgIpc) is 2.99. The highest BCUT2D eigenvalue weighted by atomic mass is 127. The maximum absolute atomic E-state index is 4.36. The number of aryl methyl sites for hydroxylation is 1. The highest BCUT2D eigenvalue weighted by molar-refractivity contribution is 14.0. The van der Waals surface area contributed by atoms with Crippen molar-refractivity contribution in [2.75, 3.05) is 13.6 Å². The topological polar surface area (TPSA) is 52.2 Å². The number of nitrogens with zero attached hydrogens (tertiary/aromatic N) is 1. The third-order valence-corrected chi connectivity index (χ3v) is 4.87. The lowest BCUT2D eigenvalue weighted by molar-refractivity contribution is 0.410. The van der Waals surface area contributed by atoms with Crippen LogP contribution in [0.4, 0.5) is 0 Å². The molecule has 0 spiro atoms. The number of aromatic amines is 1. The molecule has 1 saturated carbocycles. The van der Waals surface area contributed by atoms with Gasteiger partial charge in [0.2, 0.25) is 0 Å². The quantitative estimate of drug-likeness (QED) is 0.381. The molecule has 0 saturated heterocycles. The van der Waals surface area contributed by atoms with Gasteiger partial charge in [0.15, 0.2) is 5.96 Å². The highest BCUT2D eigenvalue weighted by Gasteiger charge is 2.14. The fourth-order valence-corrected chi connectivity index (χ4v) is 3.52. The van der Waals surface area contributed by atoms with E-state index in [0.717, 1.165) is 18.9 Å². The molecule has 3 N–H and O–H groups in total. The second-order valence-electron chi connectivity index (χ2n) is 6.54. The normalized spacial score (nSPS) is 16.0. The Hall–Kier alpha value is -1.24. The molecule has 3 rings (SSSR count). The van der Waals surface area contributed by atoms with Crippen molar-refractivity contribution in [1.29, 1.82) is 0 Å². The number of nitrogens with one attached hydrogen (secondary N) is 3. The zero-order valence-corrected chi connectivity index (χ0v) is 17.0. The Labute approximate surface area is 161 Å². The Kier molecular flexibility index (Phi) is 7.40. The number of para-hydroxylation sites is 1. The molecule has 24 heavy (non-hydrogen) atoms. The van der Waals surface area contributed by atoms with Gasteiger partial charge in [-0.3, -0.25) is 4.99 Å². The summed E-state index contributed by atoms with van der Waals surface area (Å²) < 4.78 is 0. The van der Waals surface area contributed by atoms with E-state index >= 15 is 0 Å². The minimum Gasteiger partial charge on any atom is -0.361 e. The second kappa shape index (κ2) is 9.30. The second-order valence-corrected chi connectivity index (χ2v) is 6.54. The smallest absolute Gasteiger partial charge is 0.191 e. The molecular formula is C19H29IN4. The fourth-order valence-electron chi connectivity index (χ4n) is 3.52. The zero-order chi connectivity index (χ0) is 16.1. The van der Waals surface area contributed by atoms with Gasteiger partial charge in [0.1, 0.15) is 0 Å². The Morgan fingerprint density at radius 1 is 1.25 bits per heavy atom. The molecule has 5 heteroatoms. The van der Waals surface area contributed by atoms with E-state index in [9.17, 15) is 0 Å². The van der Waals surface area contributed by atoms with E-state index in [-0.39, 0.29) is 24.0 Å². The molecule has 1 aliphatic rings. The van der Waals surface area contributed by atoms with Crippen LogP contribution < -0.4 is 10.6 Å². The Bertz CT molecular complexity index is 671. The van der Waals surface area contributed by atoms with Crippen molar-refractivity contribution in [3.8, 4) is 0 Å². The van der Waals surface area contributed by atoms with Crippen LogP contribution in [0.3, 0.4) is 0 Å². The number of H-pyrrole nitrogens is 1. The summed E-state index contributed by atoms with van der Waals surface area (Å²) in [5.41, 5.74) is 3.92. The van der Waals surface area contributed by atoms with E-state index in [4.69, 9.17) is 0 Å². The van der Waals surface area contributed by atoms with Crippen LogP contribution in [0, 0.1) is 6.92 Å². The summed E-state index contributed by atoms with van der Waals surface area (Å²) in [6.07, 6.45) is 9.72. The molecule has 1 aromatic carbocycles. The van der Waals surface area contributed by atoms with Gasteiger partial charge in [-0.2, -0.15) is 0 Å². The number of hydrogen-bond donors (Lipinski definition) is 3. The third kappa shape index (κ3) is 4.65. The molecule has 1 aromatic heterocycles. The molecule has 0 aliphatic heterocycles. The Morgan fingerprint density at radius 3 is 2.79 bits per heavy atom. The molecule has 1 aliphatic carbocycles. The van der Waals surface area contributed by atoms with Gasteiger partial charge >= 0.3 is 0 Å². The number of rotatable bonds is 4. The number of aliphatic imine (C=N–C) groups is 1. The van der Waals surface area contributed by atoms with Gasteiger partial charge in [-0.1, -0.05) is 37.5 Å². The summed E-state index contributed by atoms with van der Waals surface area (Å²) in [6, 6.07) is 7.07. The summed E-state index contributed by atoms with van der Waals surface area (Å²) in [7, 11) is 1.85. The summed E-state index contributed by atoms with van der Waals surface area (Å²) in [4.78, 5) is 7.76. The van der Waals surface area contributed by atoms with E-state index in [0.29, 0.717) is 6.04 Å². The van der Waals surface area contributed by atoms with E-state index in [1.165, 1.54) is 54.1 Å². The van der Waals surface area contributed by atoms with Crippen molar-refractivity contribution >= 4 is 40.8 Å². The molecule has 132 valence electrons. The van der Waals surface area contributed by atoms with Crippen molar-refractivity contribution in [3.05, 3.63) is 35.5 Å². The van der Waals surface area contributed by atoms with Gasteiger partial charge in [-0.25, -0.2) is 0 Å². The van der Waals surface area contributed by atoms with E-state index in [1.807, 2.05) is 7.05 Å². The number of fused-ring (bicyclic) bond motifs is 1. The molecular weight excluding hydrogens is 411 g/mol. The van der Waals surface area contributed by atoms with E-state index in [1.54, 1.807) is 0 Å². The van der Waals surface area contributed by atoms with Gasteiger partial charge in [-0.15, -0.1) is 24.0 Å². The van der Waals surface area contributed by atoms with E-state index < -0.39 is 0 Å². The average molecular weight is 440 g/mol. The van der Waals surface area contributed by atoms with Crippen LogP contribution >= 0.6 is 24.0 Å². The first-order valence-corrected chi connectivity index (χ1v) is 8.80. The summed E-state index contributed by atoms with van der Waals surface area (Å²) >= 11 is 0. The maximum Gasteiger partial charge on any atom is 0.191 e. The summed E-state index contributed by atoms with van der Waals surface area (Å²) in [6.45, 7) is 3.05. The van der Waals surface area contributed by atoms with Crippen LogP contribution in [0.1, 0.15) is 43.2 Å². The van der Waals surface area contributed by atoms with E-state index in [2.05, 4.69) is 51.9 Å². The fraction of sp³-hybridized carbons (Fsp3) is 0.526. The van der Waals surface area contributed by atoms with Crippen molar-refractivity contribution in [2.24, 2.45) is 4.99 Å². The minimum atomic E-state index is 0. The van der Waals surface area contributed by atoms with Crippen LogP contribution in [0.15, 0.2) is 29.4 Å².